The van der Waals surface area contributed by atoms with E-state index in [1.165, 1.54) is 6.92 Å². The van der Waals surface area contributed by atoms with E-state index in [4.69, 9.17) is 4.74 Å². The van der Waals surface area contributed by atoms with Gasteiger partial charge in [-0.2, -0.15) is 0 Å². The Morgan fingerprint density at radius 1 is 1.20 bits per heavy atom. The van der Waals surface area contributed by atoms with Crippen molar-refractivity contribution >= 4 is 11.8 Å². The first-order valence-electron chi connectivity index (χ1n) is 6.70. The third kappa shape index (κ3) is 5.30. The van der Waals surface area contributed by atoms with Crippen LogP contribution in [-0.4, -0.2) is 31.0 Å². The maximum atomic E-state index is 11.9. The van der Waals surface area contributed by atoms with Crippen LogP contribution in [0.15, 0.2) is 18.2 Å². The van der Waals surface area contributed by atoms with Crippen molar-refractivity contribution in [1.82, 2.24) is 10.6 Å². The van der Waals surface area contributed by atoms with Gasteiger partial charge >= 0.3 is 0 Å². The van der Waals surface area contributed by atoms with Gasteiger partial charge in [0.15, 0.2) is 0 Å². The summed E-state index contributed by atoms with van der Waals surface area (Å²) in [5.41, 5.74) is 1.51. The minimum absolute atomic E-state index is 0.103. The first-order valence-corrected chi connectivity index (χ1v) is 6.70. The highest BCUT2D eigenvalue weighted by molar-refractivity contribution is 5.94. The molecule has 2 N–H and O–H groups in total. The fourth-order valence-corrected chi connectivity index (χ4v) is 1.69. The lowest BCUT2D eigenvalue weighted by Gasteiger charge is -2.13. The van der Waals surface area contributed by atoms with Gasteiger partial charge in [0.25, 0.3) is 5.91 Å². The zero-order valence-corrected chi connectivity index (χ0v) is 12.4. The van der Waals surface area contributed by atoms with Crippen LogP contribution in [0.1, 0.15) is 36.7 Å². The molecule has 5 heteroatoms. The number of amides is 2. The van der Waals surface area contributed by atoms with E-state index in [2.05, 4.69) is 10.6 Å². The van der Waals surface area contributed by atoms with Gasteiger partial charge in [0.2, 0.25) is 5.91 Å². The second-order valence-electron chi connectivity index (χ2n) is 4.89. The van der Waals surface area contributed by atoms with Gasteiger partial charge in [-0.1, -0.05) is 0 Å². The van der Waals surface area contributed by atoms with E-state index >= 15 is 0 Å². The minimum Gasteiger partial charge on any atom is -0.491 e. The third-order valence-electron chi connectivity index (χ3n) is 2.58. The van der Waals surface area contributed by atoms with Crippen LogP contribution < -0.4 is 15.4 Å². The molecule has 1 aromatic carbocycles. The number of carbonyl (C=O) groups excluding carboxylic acids is 2. The Bertz CT molecular complexity index is 484. The fraction of sp³-hybridized carbons (Fsp3) is 0.467. The van der Waals surface area contributed by atoms with Crippen LogP contribution in [0.5, 0.6) is 5.75 Å². The van der Waals surface area contributed by atoms with Crippen molar-refractivity contribution in [3.8, 4) is 5.75 Å². The zero-order chi connectivity index (χ0) is 15.1. The Morgan fingerprint density at radius 3 is 2.40 bits per heavy atom. The molecule has 110 valence electrons. The molecule has 20 heavy (non-hydrogen) atoms. The van der Waals surface area contributed by atoms with Crippen LogP contribution >= 0.6 is 0 Å². The summed E-state index contributed by atoms with van der Waals surface area (Å²) < 4.78 is 5.63. The van der Waals surface area contributed by atoms with E-state index in [9.17, 15) is 9.59 Å². The second kappa shape index (κ2) is 7.53. The summed E-state index contributed by atoms with van der Waals surface area (Å²) in [5, 5.41) is 5.37. The van der Waals surface area contributed by atoms with E-state index in [0.717, 1.165) is 11.3 Å². The lowest BCUT2D eigenvalue weighted by Crippen LogP contribution is -2.33. The van der Waals surface area contributed by atoms with Gasteiger partial charge in [0.1, 0.15) is 5.75 Å². The molecule has 5 nitrogen and oxygen atoms in total. The van der Waals surface area contributed by atoms with E-state index in [0.29, 0.717) is 18.7 Å². The predicted molar refractivity (Wildman–Crippen MR) is 78.0 cm³/mol. The van der Waals surface area contributed by atoms with Gasteiger partial charge in [0.05, 0.1) is 6.10 Å². The average Bonchev–Trinajstić information content (AvgIpc) is 2.36. The number of hydrogen-bond acceptors (Lipinski definition) is 3. The fourth-order valence-electron chi connectivity index (χ4n) is 1.69. The van der Waals surface area contributed by atoms with Crippen LogP contribution in [-0.2, 0) is 4.79 Å². The molecule has 1 aromatic rings. The third-order valence-corrected chi connectivity index (χ3v) is 2.58. The minimum atomic E-state index is -0.158. The number of hydrogen-bond donors (Lipinski definition) is 2. The van der Waals surface area contributed by atoms with Crippen molar-refractivity contribution in [3.05, 3.63) is 29.3 Å². The summed E-state index contributed by atoms with van der Waals surface area (Å²) in [6.45, 7) is 8.10. The van der Waals surface area contributed by atoms with Crippen molar-refractivity contribution in [1.29, 1.82) is 0 Å². The van der Waals surface area contributed by atoms with E-state index < -0.39 is 0 Å². The van der Waals surface area contributed by atoms with Crippen molar-refractivity contribution in [2.24, 2.45) is 0 Å². The van der Waals surface area contributed by atoms with Crippen molar-refractivity contribution in [2.45, 2.75) is 33.8 Å². The summed E-state index contributed by atoms with van der Waals surface area (Å²) in [5.74, 6) is 0.523. The first kappa shape index (κ1) is 16.0. The first-order chi connectivity index (χ1) is 9.40. The number of carbonyl (C=O) groups is 2. The highest BCUT2D eigenvalue weighted by Gasteiger charge is 2.08. The Hall–Kier alpha value is -2.04. The number of aryl methyl sites for hydroxylation is 1. The number of ether oxygens (including phenoxy) is 1. The number of benzene rings is 1. The Labute approximate surface area is 119 Å². The normalized spacial score (nSPS) is 10.2. The van der Waals surface area contributed by atoms with Crippen LogP contribution in [0.3, 0.4) is 0 Å². The molecule has 0 fully saturated rings. The molecule has 0 aliphatic heterocycles. The number of nitrogens with one attached hydrogen (secondary N) is 2. The maximum absolute atomic E-state index is 11.9. The molecule has 0 aromatic heterocycles. The lowest BCUT2D eigenvalue weighted by atomic mass is 10.1. The standard InChI is InChI=1S/C15H22N2O3/c1-10(2)20-14-6-5-13(9-11(14)3)15(19)17-8-7-16-12(4)18/h5-6,9-10H,7-8H2,1-4H3,(H,16,18)(H,17,19). The monoisotopic (exact) mass is 278 g/mol. The van der Waals surface area contributed by atoms with Crippen molar-refractivity contribution < 1.29 is 14.3 Å². The summed E-state index contributed by atoms with van der Waals surface area (Å²) in [6, 6.07) is 5.34. The van der Waals surface area contributed by atoms with E-state index in [1.54, 1.807) is 18.2 Å². The average molecular weight is 278 g/mol. The molecule has 1 rings (SSSR count). The molecule has 0 heterocycles. The highest BCUT2D eigenvalue weighted by atomic mass is 16.5. The van der Waals surface area contributed by atoms with Crippen LogP contribution in [0.25, 0.3) is 0 Å². The van der Waals surface area contributed by atoms with Gasteiger partial charge < -0.3 is 15.4 Å². The summed E-state index contributed by atoms with van der Waals surface area (Å²) in [4.78, 5) is 22.6. The molecule has 0 aliphatic carbocycles. The molecule has 2 amide bonds. The molecule has 0 bridgehead atoms. The molecule has 0 saturated heterocycles. The number of rotatable bonds is 6. The smallest absolute Gasteiger partial charge is 0.251 e. The highest BCUT2D eigenvalue weighted by Crippen LogP contribution is 2.20. The van der Waals surface area contributed by atoms with Gasteiger partial charge in [-0.25, -0.2) is 0 Å². The van der Waals surface area contributed by atoms with Crippen LogP contribution in [0.2, 0.25) is 0 Å². The van der Waals surface area contributed by atoms with E-state index in [-0.39, 0.29) is 17.9 Å². The summed E-state index contributed by atoms with van der Waals surface area (Å²) >= 11 is 0. The molecular weight excluding hydrogens is 256 g/mol. The predicted octanol–water partition coefficient (Wildman–Crippen LogP) is 1.65. The van der Waals surface area contributed by atoms with Gasteiger partial charge in [-0.05, 0) is 44.5 Å². The van der Waals surface area contributed by atoms with Crippen LogP contribution in [0.4, 0.5) is 0 Å². The lowest BCUT2D eigenvalue weighted by molar-refractivity contribution is -0.118. The second-order valence-corrected chi connectivity index (χ2v) is 4.89. The summed E-state index contributed by atoms with van der Waals surface area (Å²) in [7, 11) is 0. The van der Waals surface area contributed by atoms with Crippen molar-refractivity contribution in [2.75, 3.05) is 13.1 Å². The molecule has 0 aliphatic rings. The van der Waals surface area contributed by atoms with E-state index in [1.807, 2.05) is 20.8 Å². The van der Waals surface area contributed by atoms with Crippen LogP contribution in [0, 0.1) is 6.92 Å². The van der Waals surface area contributed by atoms with Gasteiger partial charge in [-0.15, -0.1) is 0 Å². The SMILES string of the molecule is CC(=O)NCCNC(=O)c1ccc(OC(C)C)c(C)c1. The molecule has 0 spiro atoms. The molecule has 0 saturated carbocycles. The van der Waals surface area contributed by atoms with Gasteiger partial charge in [0, 0.05) is 25.6 Å². The Morgan fingerprint density at radius 2 is 1.85 bits per heavy atom. The molecule has 0 atom stereocenters. The topological polar surface area (TPSA) is 67.4 Å². The summed E-state index contributed by atoms with van der Waals surface area (Å²) in [6.07, 6.45) is 0.103. The molecule has 0 unspecified atom stereocenters. The maximum Gasteiger partial charge on any atom is 0.251 e. The zero-order valence-electron chi connectivity index (χ0n) is 12.4. The largest absolute Gasteiger partial charge is 0.491 e. The quantitative estimate of drug-likeness (QED) is 0.777. The molecular formula is C15H22N2O3. The Balaban J connectivity index is 2.56. The molecule has 0 radical (unpaired) electrons. The van der Waals surface area contributed by atoms with Gasteiger partial charge in [-0.3, -0.25) is 9.59 Å². The Kier molecular flexibility index (Phi) is 6.03. The van der Waals surface area contributed by atoms with Crippen molar-refractivity contribution in [3.63, 3.8) is 0 Å².